The number of benzene rings is 6. The highest BCUT2D eigenvalue weighted by atomic mass is 32.2. The van der Waals surface area contributed by atoms with Crippen LogP contribution in [0.3, 0.4) is 0 Å². The lowest BCUT2D eigenvalue weighted by Gasteiger charge is -2.26. The topological polar surface area (TPSA) is 309 Å². The summed E-state index contributed by atoms with van der Waals surface area (Å²) < 4.78 is 144. The van der Waals surface area contributed by atoms with E-state index in [0.717, 1.165) is 33.4 Å². The molecule has 446 valence electrons. The maximum absolute atomic E-state index is 14.5. The van der Waals surface area contributed by atoms with Crippen molar-refractivity contribution in [2.75, 3.05) is 24.5 Å². The molecule has 1 aromatic heterocycles. The van der Waals surface area contributed by atoms with Crippen LogP contribution in [0.4, 0.5) is 11.4 Å². The molecule has 2 aliphatic rings. The summed E-state index contributed by atoms with van der Waals surface area (Å²) in [4.78, 5) is 30.5. The van der Waals surface area contributed by atoms with Gasteiger partial charge in [-0.1, -0.05) is 80.6 Å². The molecular formula is C61H64N5O15S4+. The Kier molecular flexibility index (Phi) is 17.0. The number of rotatable bonds is 20. The third-order valence-corrected chi connectivity index (χ3v) is 19.4. The molecule has 7 aromatic rings. The minimum absolute atomic E-state index is 0.0176. The van der Waals surface area contributed by atoms with Gasteiger partial charge in [0.1, 0.15) is 16.3 Å². The molecule has 0 spiro atoms. The van der Waals surface area contributed by atoms with E-state index in [1.165, 1.54) is 30.3 Å². The molecule has 0 bridgehead atoms. The van der Waals surface area contributed by atoms with Crippen molar-refractivity contribution in [1.29, 1.82) is 0 Å². The first-order valence-corrected chi connectivity index (χ1v) is 32.8. The number of carbonyl (C=O) groups is 2. The van der Waals surface area contributed by atoms with E-state index in [2.05, 4.69) is 4.98 Å². The third kappa shape index (κ3) is 12.4. The molecule has 0 radical (unpaired) electrons. The van der Waals surface area contributed by atoms with Crippen molar-refractivity contribution in [3.8, 4) is 0 Å². The molecule has 85 heavy (non-hydrogen) atoms. The average molecular weight is 1240 g/mol. The minimum Gasteiger partial charge on any atom is -0.358 e. The highest BCUT2D eigenvalue weighted by Crippen LogP contribution is 2.52. The lowest BCUT2D eigenvalue weighted by molar-refractivity contribution is -0.438. The van der Waals surface area contributed by atoms with Crippen molar-refractivity contribution in [2.24, 2.45) is 0 Å². The number of fused-ring (bicyclic) bond motifs is 7. The molecule has 0 fully saturated rings. The summed E-state index contributed by atoms with van der Waals surface area (Å²) in [6.45, 7) is 12.9. The molecule has 3 heterocycles. The van der Waals surface area contributed by atoms with Gasteiger partial charge in [-0.15, -0.1) is 0 Å². The van der Waals surface area contributed by atoms with Gasteiger partial charge in [0, 0.05) is 100 Å². The number of aromatic amines is 1. The van der Waals surface area contributed by atoms with E-state index in [0.29, 0.717) is 91.4 Å². The summed E-state index contributed by atoms with van der Waals surface area (Å²) in [7, 11) is -19.9. The maximum atomic E-state index is 14.5. The fourth-order valence-corrected chi connectivity index (χ4v) is 14.7. The molecule has 0 saturated carbocycles. The van der Waals surface area contributed by atoms with Crippen LogP contribution < -0.4 is 10.4 Å². The number of H-pyrrole nitrogens is 1. The number of hydrogen-bond donors (Lipinski definition) is 7. The molecule has 7 N–H and O–H groups in total. The first kappa shape index (κ1) is 61.9. The fourth-order valence-electron chi connectivity index (χ4n) is 12.0. The molecule has 2 aliphatic heterocycles. The van der Waals surface area contributed by atoms with Gasteiger partial charge in [0.05, 0.1) is 15.2 Å². The molecule has 9 rings (SSSR count). The predicted octanol–water partition coefficient (Wildman–Crippen LogP) is 9.92. The van der Waals surface area contributed by atoms with Crippen LogP contribution in [0.2, 0.25) is 0 Å². The smallest absolute Gasteiger partial charge is 0.295 e. The zero-order valence-corrected chi connectivity index (χ0v) is 50.5. The Hall–Kier alpha value is -7.65. The van der Waals surface area contributed by atoms with Crippen molar-refractivity contribution in [1.82, 2.24) is 15.4 Å². The van der Waals surface area contributed by atoms with Crippen LogP contribution in [0.1, 0.15) is 87.4 Å². The van der Waals surface area contributed by atoms with Gasteiger partial charge in [0.15, 0.2) is 5.71 Å². The number of hydrogen-bond acceptors (Lipinski definition) is 12. The molecule has 0 unspecified atom stereocenters. The number of likely N-dealkylation sites (N-methyl/N-ethyl adjacent to an activating group) is 1. The number of aryl methyl sites for hydroxylation is 1. The summed E-state index contributed by atoms with van der Waals surface area (Å²) in [5.41, 5.74) is 8.01. The number of allylic oxidation sites excluding steroid dienone is 6. The molecule has 24 heteroatoms. The molecule has 2 amide bonds. The van der Waals surface area contributed by atoms with Gasteiger partial charge in [0.2, 0.25) is 11.6 Å². The number of amides is 2. The summed E-state index contributed by atoms with van der Waals surface area (Å²) in [5.74, 6) is -0.774. The highest BCUT2D eigenvalue weighted by molar-refractivity contribution is 7.87. The van der Waals surface area contributed by atoms with Crippen LogP contribution >= 0.6 is 0 Å². The van der Waals surface area contributed by atoms with Crippen molar-refractivity contribution < 1.29 is 71.3 Å². The van der Waals surface area contributed by atoms with E-state index >= 15 is 0 Å². The van der Waals surface area contributed by atoms with Gasteiger partial charge in [0.25, 0.3) is 46.4 Å². The van der Waals surface area contributed by atoms with Crippen LogP contribution in [0.15, 0.2) is 159 Å². The minimum atomic E-state index is -5.03. The highest BCUT2D eigenvalue weighted by Gasteiger charge is 2.46. The van der Waals surface area contributed by atoms with Crippen LogP contribution in [0, 0.1) is 6.92 Å². The van der Waals surface area contributed by atoms with Crippen LogP contribution in [-0.2, 0) is 73.9 Å². The Morgan fingerprint density at radius 1 is 0.682 bits per heavy atom. The molecule has 0 aliphatic carbocycles. The maximum Gasteiger partial charge on any atom is 0.295 e. The second kappa shape index (κ2) is 23.3. The first-order valence-electron chi connectivity index (χ1n) is 27.0. The van der Waals surface area contributed by atoms with Crippen molar-refractivity contribution in [2.45, 2.75) is 104 Å². The van der Waals surface area contributed by atoms with Gasteiger partial charge in [-0.2, -0.15) is 38.2 Å². The Bertz CT molecular complexity index is 4540. The summed E-state index contributed by atoms with van der Waals surface area (Å²) in [6, 6.07) is 25.4. The Labute approximate surface area is 493 Å². The summed E-state index contributed by atoms with van der Waals surface area (Å²) in [5, 5.41) is 10.4. The summed E-state index contributed by atoms with van der Waals surface area (Å²) >= 11 is 0. The third-order valence-electron chi connectivity index (χ3n) is 15.9. The normalized spacial score (nSPS) is 15.8. The van der Waals surface area contributed by atoms with Crippen LogP contribution in [0.25, 0.3) is 38.5 Å². The predicted molar refractivity (Wildman–Crippen MR) is 324 cm³/mol. The number of unbranched alkanes of at least 4 members (excludes halogenated alkanes) is 1. The Balaban J connectivity index is 1.05. The first-order chi connectivity index (χ1) is 39.9. The fraction of sp³-hybridized carbons (Fsp3) is 0.262. The van der Waals surface area contributed by atoms with Gasteiger partial charge in [-0.05, 0) is 128 Å². The Morgan fingerprint density at radius 3 is 1.89 bits per heavy atom. The lowest BCUT2D eigenvalue weighted by atomic mass is 9.79. The number of hydroxylamine groups is 1. The van der Waals surface area contributed by atoms with E-state index in [1.807, 2.05) is 117 Å². The van der Waals surface area contributed by atoms with Gasteiger partial charge in [-0.25, -0.2) is 5.48 Å². The number of nitrogens with zero attached hydrogens (tertiary/aromatic N) is 3. The molecule has 20 nitrogen and oxygen atoms in total. The van der Waals surface area contributed by atoms with E-state index in [1.54, 1.807) is 41.9 Å². The van der Waals surface area contributed by atoms with Crippen LogP contribution in [-0.4, -0.2) is 109 Å². The van der Waals surface area contributed by atoms with Gasteiger partial charge < -0.3 is 14.8 Å². The van der Waals surface area contributed by atoms with E-state index in [4.69, 9.17) is 5.21 Å². The zero-order valence-electron chi connectivity index (χ0n) is 47.2. The van der Waals surface area contributed by atoms with E-state index in [-0.39, 0.29) is 33.9 Å². The zero-order chi connectivity index (χ0) is 61.8. The Morgan fingerprint density at radius 2 is 1.29 bits per heavy atom. The molecule has 0 atom stereocenters. The lowest BCUT2D eigenvalue weighted by Crippen LogP contribution is -2.32. The number of anilines is 1. The summed E-state index contributed by atoms with van der Waals surface area (Å²) in [6.07, 6.45) is 13.4. The van der Waals surface area contributed by atoms with Crippen molar-refractivity contribution in [3.63, 3.8) is 0 Å². The van der Waals surface area contributed by atoms with E-state index < -0.39 is 76.8 Å². The van der Waals surface area contributed by atoms with Crippen molar-refractivity contribution >= 4 is 108 Å². The number of para-hydroxylation sites is 1. The van der Waals surface area contributed by atoms with Crippen molar-refractivity contribution in [3.05, 3.63) is 173 Å². The van der Waals surface area contributed by atoms with E-state index in [9.17, 15) is 61.5 Å². The largest absolute Gasteiger partial charge is 0.358 e. The standard InChI is InChI=1S/C61H63N5O15S4/c1-7-65-50-27-25-45-47(33-41(82(70,71)72)35-52(45)84(76,77)78)58(50)60(3,4)54(65)17-9-8-10-18-55-61(5,6)59-48-34-42(83(73,74)75)36-53(85(79,80)81)46(48)26-28-51(59)66(55)31-14-13-19-57(68)64(32-30-43-38(2)62-49-16-12-11-15-44(43)49)37-40-22-20-39(21-23-40)24-29-56(67)63-69/h8-12,15-18,20-29,33-36,62H,7,13-14,19,30-32,37H2,1-6H3,(H5-,63,67,69,70,71,72,73,74,75,76,77,78,79,80,81)/p+1/b29-24+. The van der Waals surface area contributed by atoms with Gasteiger partial charge in [-0.3, -0.25) is 33.0 Å². The van der Waals surface area contributed by atoms with Crippen LogP contribution in [0.5, 0.6) is 0 Å². The average Bonchev–Trinajstić information content (AvgIpc) is 3.62. The quantitative estimate of drug-likeness (QED) is 0.00710. The second-order valence-corrected chi connectivity index (χ2v) is 27.7. The second-order valence-electron chi connectivity index (χ2n) is 22.0. The SMILES string of the molecule is CCN1\C(=C/C=C/C=C/C2=[N+](CCCCC(=O)N(CCc3c(C)[nH]c4ccccc34)Cc3ccc(/C=C/C(=O)NO)cc3)c3ccc4c(S(=O)(=O)O)cc(S(=O)(=O)O)cc4c3C2(C)C)C(C)(C)c2c1ccc1c(S(=O)(=O)O)cc(S(=O)(=O)O)cc21. The monoisotopic (exact) mass is 1230 g/mol. The molecule has 6 aromatic carbocycles. The molecular weight excluding hydrogens is 1170 g/mol. The molecule has 0 saturated heterocycles. The number of nitrogens with one attached hydrogen (secondary N) is 2. The van der Waals surface area contributed by atoms with Gasteiger partial charge >= 0.3 is 0 Å². The number of aromatic nitrogens is 1. The number of carbonyl (C=O) groups excluding carboxylic acids is 2.